The third-order valence-electron chi connectivity index (χ3n) is 16.5. The van der Waals surface area contributed by atoms with E-state index in [0.717, 1.165) is 78.0 Å². The number of fused-ring (bicyclic) bond motifs is 10. The van der Waals surface area contributed by atoms with E-state index in [0.29, 0.717) is 0 Å². The van der Waals surface area contributed by atoms with Crippen LogP contribution < -0.4 is 9.80 Å². The first-order chi connectivity index (χ1) is 37.2. The highest BCUT2D eigenvalue weighted by molar-refractivity contribution is 6.24. The molecule has 2 aromatic heterocycles. The zero-order valence-corrected chi connectivity index (χ0v) is 45.0. The van der Waals surface area contributed by atoms with Crippen molar-refractivity contribution in [2.75, 3.05) is 9.80 Å². The summed E-state index contributed by atoms with van der Waals surface area (Å²) in [5, 5.41) is 9.42. The highest BCUT2D eigenvalue weighted by atomic mass is 16.3. The third-order valence-corrected chi connectivity index (χ3v) is 16.5. The van der Waals surface area contributed by atoms with Crippen LogP contribution in [0, 0.1) is 0 Å². The lowest BCUT2D eigenvalue weighted by atomic mass is 9.66. The highest BCUT2D eigenvalue weighted by Gasteiger charge is 2.37. The lowest BCUT2D eigenvalue weighted by Crippen LogP contribution is -2.25. The van der Waals surface area contributed by atoms with E-state index in [-0.39, 0.29) is 16.2 Å². The van der Waals surface area contributed by atoms with Gasteiger partial charge in [0.25, 0.3) is 0 Å². The lowest BCUT2D eigenvalue weighted by molar-refractivity contribution is 0.590. The van der Waals surface area contributed by atoms with Gasteiger partial charge >= 0.3 is 0 Å². The van der Waals surface area contributed by atoms with Crippen molar-refractivity contribution in [3.8, 4) is 22.3 Å². The van der Waals surface area contributed by atoms with E-state index in [4.69, 9.17) is 8.83 Å². The summed E-state index contributed by atoms with van der Waals surface area (Å²) in [7, 11) is 0. The van der Waals surface area contributed by atoms with Gasteiger partial charge in [-0.3, -0.25) is 0 Å². The van der Waals surface area contributed by atoms with Crippen LogP contribution in [0.2, 0.25) is 0 Å². The second-order valence-corrected chi connectivity index (χ2v) is 23.8. The highest BCUT2D eigenvalue weighted by Crippen LogP contribution is 2.56. The van der Waals surface area contributed by atoms with Gasteiger partial charge in [0.1, 0.15) is 22.3 Å². The van der Waals surface area contributed by atoms with Crippen molar-refractivity contribution in [2.45, 2.75) is 71.6 Å². The molecule has 0 unspecified atom stereocenters. The fraction of sp³-hybridized carbons (Fsp3) is 0.151. The minimum absolute atomic E-state index is 0.0189. The maximum Gasteiger partial charge on any atom is 0.135 e. The molecule has 0 spiro atoms. The Hall–Kier alpha value is -8.86. The van der Waals surface area contributed by atoms with Crippen molar-refractivity contribution in [2.24, 2.45) is 0 Å². The number of nitrogens with zero attached hydrogens (tertiary/aromatic N) is 2. The van der Waals surface area contributed by atoms with Crippen LogP contribution in [0.1, 0.15) is 77.6 Å². The van der Waals surface area contributed by atoms with Gasteiger partial charge in [0.05, 0.1) is 0 Å². The molecule has 11 aromatic carbocycles. The molecule has 13 aromatic rings. The predicted octanol–water partition coefficient (Wildman–Crippen LogP) is 21.3. The summed E-state index contributed by atoms with van der Waals surface area (Å²) in [5.74, 6) is 0. The molecule has 1 aliphatic carbocycles. The molecule has 0 amide bonds. The summed E-state index contributed by atoms with van der Waals surface area (Å²) < 4.78 is 12.7. The van der Waals surface area contributed by atoms with Gasteiger partial charge < -0.3 is 18.6 Å². The van der Waals surface area contributed by atoms with Crippen LogP contribution in [0.4, 0.5) is 34.1 Å². The fourth-order valence-electron chi connectivity index (χ4n) is 12.5. The second-order valence-electron chi connectivity index (χ2n) is 23.8. The van der Waals surface area contributed by atoms with Gasteiger partial charge in [0.2, 0.25) is 0 Å². The van der Waals surface area contributed by atoms with Crippen LogP contribution in [0.15, 0.2) is 227 Å². The average Bonchev–Trinajstić information content (AvgIpc) is 4.20. The monoisotopic (exact) mass is 996 g/mol. The molecular weight excluding hydrogens is 937 g/mol. The summed E-state index contributed by atoms with van der Waals surface area (Å²) in [6.07, 6.45) is 0. The number of furan rings is 2. The Labute approximate surface area is 450 Å². The standard InChI is InChI=1S/C73H60N2O2/c1-71(2,3)46-25-29-48(30-26-46)74(51-35-39-66-60(42-51)54-19-12-14-23-64(54)76-66)50-33-37-57-59(41-50)56-21-16-22-62-69(56)70(68(57)45-17-10-9-11-18-45)58-38-34-53(44-63(58)73(62,7)8)75(49-31-27-47(28-32-49)72(4,5)6)52-36-40-67-61(43-52)55-20-13-15-24-65(55)77-67/h9-44H,1-8H3. The number of rotatable bonds is 7. The second kappa shape index (κ2) is 17.1. The first kappa shape index (κ1) is 46.7. The third kappa shape index (κ3) is 7.48. The van der Waals surface area contributed by atoms with E-state index >= 15 is 0 Å². The molecule has 0 radical (unpaired) electrons. The quantitative estimate of drug-likeness (QED) is 0.149. The van der Waals surface area contributed by atoms with E-state index < -0.39 is 0 Å². The molecule has 0 N–H and O–H groups in total. The largest absolute Gasteiger partial charge is 0.456 e. The number of hydrogen-bond acceptors (Lipinski definition) is 4. The molecule has 77 heavy (non-hydrogen) atoms. The van der Waals surface area contributed by atoms with Crippen molar-refractivity contribution >= 4 is 99.5 Å². The zero-order chi connectivity index (χ0) is 52.5. The van der Waals surface area contributed by atoms with Crippen molar-refractivity contribution in [1.82, 2.24) is 0 Å². The number of para-hydroxylation sites is 2. The number of benzene rings is 11. The topological polar surface area (TPSA) is 32.8 Å². The summed E-state index contributed by atoms with van der Waals surface area (Å²) >= 11 is 0. The molecule has 0 aliphatic heterocycles. The van der Waals surface area contributed by atoms with E-state index in [9.17, 15) is 0 Å². The van der Waals surface area contributed by atoms with Crippen LogP contribution in [0.5, 0.6) is 0 Å². The van der Waals surface area contributed by atoms with Gasteiger partial charge in [-0.25, -0.2) is 0 Å². The van der Waals surface area contributed by atoms with Crippen molar-refractivity contribution in [1.29, 1.82) is 0 Å². The molecule has 4 nitrogen and oxygen atoms in total. The fourth-order valence-corrected chi connectivity index (χ4v) is 12.5. The van der Waals surface area contributed by atoms with Crippen molar-refractivity contribution < 1.29 is 8.83 Å². The molecule has 4 heteroatoms. The first-order valence-electron chi connectivity index (χ1n) is 27.1. The van der Waals surface area contributed by atoms with Gasteiger partial charge in [-0.1, -0.05) is 177 Å². The van der Waals surface area contributed by atoms with Crippen molar-refractivity contribution in [3.63, 3.8) is 0 Å². The molecule has 2 heterocycles. The lowest BCUT2D eigenvalue weighted by Gasteiger charge is -2.38. The van der Waals surface area contributed by atoms with Crippen LogP contribution in [0.3, 0.4) is 0 Å². The first-order valence-corrected chi connectivity index (χ1v) is 27.1. The van der Waals surface area contributed by atoms with Crippen LogP contribution in [-0.2, 0) is 16.2 Å². The molecule has 0 saturated heterocycles. The molecule has 0 bridgehead atoms. The van der Waals surface area contributed by atoms with Crippen LogP contribution >= 0.6 is 0 Å². The molecule has 1 aliphatic rings. The summed E-state index contributed by atoms with van der Waals surface area (Å²) in [5.41, 5.74) is 19.9. The Morgan fingerprint density at radius 3 is 1.31 bits per heavy atom. The Kier molecular flexibility index (Phi) is 10.3. The van der Waals surface area contributed by atoms with E-state index in [2.05, 4.69) is 271 Å². The maximum absolute atomic E-state index is 6.37. The van der Waals surface area contributed by atoms with Crippen molar-refractivity contribution in [3.05, 3.63) is 241 Å². The SMILES string of the molecule is CC(C)(C)c1ccc(N(c2ccc3c(c2)C(C)(C)c2cccc4c2c-3c(-c2ccccc2)c2ccc(N(c3ccc(C(C)(C)C)cc3)c3ccc5oc6ccccc6c5c3)cc24)c2ccc3oc4ccccc4c3c2)cc1. The summed E-state index contributed by atoms with van der Waals surface area (Å²) in [6.45, 7) is 18.5. The summed E-state index contributed by atoms with van der Waals surface area (Å²) in [4.78, 5) is 4.84. The summed E-state index contributed by atoms with van der Waals surface area (Å²) in [6, 6.07) is 80.6. The van der Waals surface area contributed by atoms with Crippen LogP contribution in [-0.4, -0.2) is 0 Å². The van der Waals surface area contributed by atoms with Gasteiger partial charge in [0, 0.05) is 61.1 Å². The Morgan fingerprint density at radius 1 is 0.325 bits per heavy atom. The average molecular weight is 997 g/mol. The number of hydrogen-bond donors (Lipinski definition) is 0. The predicted molar refractivity (Wildman–Crippen MR) is 326 cm³/mol. The van der Waals surface area contributed by atoms with E-state index in [1.54, 1.807) is 0 Å². The smallest absolute Gasteiger partial charge is 0.135 e. The number of anilines is 6. The van der Waals surface area contributed by atoms with E-state index in [1.807, 2.05) is 12.1 Å². The molecular formula is C73H60N2O2. The maximum atomic E-state index is 6.37. The molecule has 0 saturated carbocycles. The molecule has 0 atom stereocenters. The van der Waals surface area contributed by atoms with Gasteiger partial charge in [-0.05, 0) is 174 Å². The molecule has 374 valence electrons. The van der Waals surface area contributed by atoms with Gasteiger partial charge in [-0.15, -0.1) is 0 Å². The zero-order valence-electron chi connectivity index (χ0n) is 45.0. The normalized spacial score (nSPS) is 13.3. The minimum Gasteiger partial charge on any atom is -0.456 e. The Balaban J connectivity index is 0.992. The molecule has 0 fully saturated rings. The Morgan fingerprint density at radius 2 is 0.766 bits per heavy atom. The van der Waals surface area contributed by atoms with Gasteiger partial charge in [0.15, 0.2) is 0 Å². The molecule has 14 rings (SSSR count). The Bertz CT molecular complexity index is 4490. The minimum atomic E-state index is -0.368. The van der Waals surface area contributed by atoms with Crippen LogP contribution in [0.25, 0.3) is 87.7 Å². The van der Waals surface area contributed by atoms with E-state index in [1.165, 1.54) is 66.1 Å². The van der Waals surface area contributed by atoms with Gasteiger partial charge in [-0.2, -0.15) is 0 Å².